The summed E-state index contributed by atoms with van der Waals surface area (Å²) < 4.78 is 54.4. The van der Waals surface area contributed by atoms with Gasteiger partial charge in [-0.3, -0.25) is 19.2 Å². The Bertz CT molecular complexity index is 1100. The van der Waals surface area contributed by atoms with E-state index in [0.29, 0.717) is 51.7 Å². The first-order chi connectivity index (χ1) is 26.5. The van der Waals surface area contributed by atoms with E-state index in [9.17, 15) is 38.2 Å². The predicted molar refractivity (Wildman–Crippen MR) is 203 cm³/mol. The Hall–Kier alpha value is -2.90. The molecule has 316 valence electrons. The number of ether oxygens (including phenoxy) is 5. The molecular formula is C42H68F2O11. The molecule has 0 bridgehead atoms. The topological polar surface area (TPSA) is 155 Å². The third-order valence-corrected chi connectivity index (χ3v) is 10.3. The molecule has 2 fully saturated rings. The lowest BCUT2D eigenvalue weighted by Gasteiger charge is -2.32. The Labute approximate surface area is 326 Å². The van der Waals surface area contributed by atoms with Crippen LogP contribution in [-0.4, -0.2) is 85.9 Å². The van der Waals surface area contributed by atoms with E-state index in [1.807, 2.05) is 12.2 Å². The molecule has 0 saturated heterocycles. The molecule has 13 heteroatoms. The van der Waals surface area contributed by atoms with Crippen LogP contribution in [0.2, 0.25) is 0 Å². The van der Waals surface area contributed by atoms with Gasteiger partial charge in [0.25, 0.3) is 5.92 Å². The number of halogens is 2. The molecule has 2 saturated carbocycles. The van der Waals surface area contributed by atoms with Crippen LogP contribution < -0.4 is 0 Å². The molecule has 0 amide bonds. The van der Waals surface area contributed by atoms with Crippen molar-refractivity contribution in [2.24, 2.45) is 23.2 Å². The summed E-state index contributed by atoms with van der Waals surface area (Å²) in [5.74, 6) is -6.63. The molecule has 2 aliphatic carbocycles. The highest BCUT2D eigenvalue weighted by Gasteiger charge is 2.72. The minimum atomic E-state index is -2.70. The second-order valence-corrected chi connectivity index (χ2v) is 15.2. The van der Waals surface area contributed by atoms with Crippen molar-refractivity contribution in [3.05, 3.63) is 24.3 Å². The molecule has 0 radical (unpaired) electrons. The van der Waals surface area contributed by atoms with Gasteiger partial charge in [-0.2, -0.15) is 0 Å². The van der Waals surface area contributed by atoms with E-state index in [4.69, 9.17) is 23.7 Å². The summed E-state index contributed by atoms with van der Waals surface area (Å²) in [4.78, 5) is 49.3. The van der Waals surface area contributed by atoms with E-state index in [0.717, 1.165) is 25.7 Å². The second-order valence-electron chi connectivity index (χ2n) is 15.2. The lowest BCUT2D eigenvalue weighted by Crippen LogP contribution is -2.43. The summed E-state index contributed by atoms with van der Waals surface area (Å²) >= 11 is 0. The number of hydrogen-bond donors (Lipinski definition) is 2. The van der Waals surface area contributed by atoms with Crippen molar-refractivity contribution in [3.63, 3.8) is 0 Å². The van der Waals surface area contributed by atoms with Crippen LogP contribution in [0.4, 0.5) is 8.78 Å². The van der Waals surface area contributed by atoms with Crippen molar-refractivity contribution >= 4 is 23.9 Å². The van der Waals surface area contributed by atoms with Crippen molar-refractivity contribution < 1.29 is 61.9 Å². The number of fused-ring (bicyclic) bond motifs is 1. The van der Waals surface area contributed by atoms with Crippen LogP contribution in [0.3, 0.4) is 0 Å². The molecule has 0 heterocycles. The lowest BCUT2D eigenvalue weighted by atomic mass is 9.92. The summed E-state index contributed by atoms with van der Waals surface area (Å²) in [6, 6.07) is 0. The first kappa shape index (κ1) is 48.2. The van der Waals surface area contributed by atoms with Gasteiger partial charge in [0.2, 0.25) is 0 Å². The molecule has 55 heavy (non-hydrogen) atoms. The maximum atomic E-state index is 13.7. The smallest absolute Gasteiger partial charge is 0.305 e. The average molecular weight is 787 g/mol. The van der Waals surface area contributed by atoms with E-state index in [2.05, 4.69) is 26.0 Å². The van der Waals surface area contributed by atoms with Crippen molar-refractivity contribution in [1.29, 1.82) is 0 Å². The van der Waals surface area contributed by atoms with Gasteiger partial charge < -0.3 is 33.9 Å². The summed E-state index contributed by atoms with van der Waals surface area (Å²) in [7, 11) is 0. The molecule has 0 aromatic carbocycles. The number of rotatable bonds is 33. The van der Waals surface area contributed by atoms with Crippen molar-refractivity contribution in [2.45, 2.75) is 154 Å². The number of allylic oxidation sites excluding steroid dienone is 2. The number of carbonyl (C=O) groups is 4. The van der Waals surface area contributed by atoms with Gasteiger partial charge in [-0.1, -0.05) is 63.8 Å². The normalized spacial score (nSPS) is 19.3. The van der Waals surface area contributed by atoms with Crippen LogP contribution in [0.1, 0.15) is 142 Å². The van der Waals surface area contributed by atoms with Gasteiger partial charge in [0.15, 0.2) is 6.29 Å². The monoisotopic (exact) mass is 786 g/mol. The van der Waals surface area contributed by atoms with E-state index >= 15 is 0 Å². The van der Waals surface area contributed by atoms with Gasteiger partial charge in [0.1, 0.15) is 13.2 Å². The van der Waals surface area contributed by atoms with Crippen molar-refractivity contribution in [3.8, 4) is 0 Å². The number of hydrogen-bond acceptors (Lipinski definition) is 11. The van der Waals surface area contributed by atoms with Crippen LogP contribution in [-0.2, 0) is 42.9 Å². The van der Waals surface area contributed by atoms with Gasteiger partial charge in [0.05, 0.1) is 31.8 Å². The highest BCUT2D eigenvalue weighted by molar-refractivity contribution is 5.71. The van der Waals surface area contributed by atoms with Gasteiger partial charge in [-0.05, 0) is 77.0 Å². The molecule has 0 spiro atoms. The predicted octanol–water partition coefficient (Wildman–Crippen LogP) is 7.94. The SMILES string of the molecule is CCCCC/C=C\CCOC(=O)CCCCC(=O)OCC(CO)(COC(=O)CCCCC(=O)OCC/C=C\CCCCC)COC(O)C1CC2C(C1)C2(F)F. The summed E-state index contributed by atoms with van der Waals surface area (Å²) in [5, 5.41) is 21.0. The molecule has 0 aromatic heterocycles. The largest absolute Gasteiger partial charge is 0.465 e. The minimum Gasteiger partial charge on any atom is -0.465 e. The van der Waals surface area contributed by atoms with Crippen LogP contribution in [0.25, 0.3) is 0 Å². The fourth-order valence-electron chi connectivity index (χ4n) is 6.56. The summed E-state index contributed by atoms with van der Waals surface area (Å²) in [6.45, 7) is 3.11. The Balaban J connectivity index is 1.74. The summed E-state index contributed by atoms with van der Waals surface area (Å²) in [6.07, 6.45) is 19.2. The first-order valence-corrected chi connectivity index (χ1v) is 20.7. The third kappa shape index (κ3) is 20.2. The molecule has 2 N–H and O–H groups in total. The highest BCUT2D eigenvalue weighted by Crippen LogP contribution is 2.66. The minimum absolute atomic E-state index is 0.00417. The fraction of sp³-hybridized carbons (Fsp3) is 0.810. The highest BCUT2D eigenvalue weighted by atomic mass is 19.3. The standard InChI is InChI=1S/C42H68F2O11/c1-3-5-7-9-11-13-19-25-51-36(46)21-15-17-23-38(48)53-30-41(29-45,32-55-40(50)33-27-34-35(28-33)42(34,43)44)31-54-39(49)24-18-16-22-37(47)52-26-20-14-12-10-8-6-4-2/h11-14,33-35,40,45,50H,3-10,15-32H2,1-2H3/b13-11-,14-12-. The summed E-state index contributed by atoms with van der Waals surface area (Å²) in [5.41, 5.74) is -1.43. The molecule has 0 aromatic rings. The van der Waals surface area contributed by atoms with Crippen LogP contribution in [0.5, 0.6) is 0 Å². The van der Waals surface area contributed by atoms with Crippen LogP contribution in [0, 0.1) is 23.2 Å². The molecule has 0 aliphatic heterocycles. The number of aliphatic hydroxyl groups is 2. The van der Waals surface area contributed by atoms with Gasteiger partial charge >= 0.3 is 23.9 Å². The number of carbonyl (C=O) groups excluding carboxylic acids is 4. The van der Waals surface area contributed by atoms with E-state index in [1.54, 1.807) is 0 Å². The Kier molecular flexibility index (Phi) is 24.3. The molecule has 2 aliphatic rings. The number of unbranched alkanes of at least 4 members (excludes halogenated alkanes) is 8. The lowest BCUT2D eigenvalue weighted by molar-refractivity contribution is -0.187. The van der Waals surface area contributed by atoms with E-state index < -0.39 is 67.1 Å². The molecule has 2 rings (SSSR count). The Morgan fingerprint density at radius 2 is 1.04 bits per heavy atom. The maximum absolute atomic E-state index is 13.7. The second kappa shape index (κ2) is 27.7. The number of alkyl halides is 2. The average Bonchev–Trinajstić information content (AvgIpc) is 3.45. The molecule has 3 unspecified atom stereocenters. The fourth-order valence-corrected chi connectivity index (χ4v) is 6.56. The molecular weight excluding hydrogens is 718 g/mol. The molecule has 3 atom stereocenters. The van der Waals surface area contributed by atoms with E-state index in [-0.39, 0.29) is 57.1 Å². The quantitative estimate of drug-likeness (QED) is 0.0219. The van der Waals surface area contributed by atoms with Gasteiger partial charge in [-0.15, -0.1) is 0 Å². The van der Waals surface area contributed by atoms with E-state index in [1.165, 1.54) is 25.7 Å². The van der Waals surface area contributed by atoms with Crippen molar-refractivity contribution in [2.75, 3.05) is 39.6 Å². The van der Waals surface area contributed by atoms with Gasteiger partial charge in [0, 0.05) is 43.4 Å². The zero-order chi connectivity index (χ0) is 40.4. The van der Waals surface area contributed by atoms with Crippen molar-refractivity contribution in [1.82, 2.24) is 0 Å². The Morgan fingerprint density at radius 1 is 0.636 bits per heavy atom. The third-order valence-electron chi connectivity index (χ3n) is 10.3. The first-order valence-electron chi connectivity index (χ1n) is 20.7. The zero-order valence-corrected chi connectivity index (χ0v) is 33.3. The zero-order valence-electron chi connectivity index (χ0n) is 33.3. The Morgan fingerprint density at radius 3 is 1.44 bits per heavy atom. The number of esters is 4. The molecule has 11 nitrogen and oxygen atoms in total. The van der Waals surface area contributed by atoms with Crippen LogP contribution >= 0.6 is 0 Å². The number of aliphatic hydroxyl groups excluding tert-OH is 2. The van der Waals surface area contributed by atoms with Crippen LogP contribution in [0.15, 0.2) is 24.3 Å². The van der Waals surface area contributed by atoms with Gasteiger partial charge in [-0.25, -0.2) is 8.78 Å². The maximum Gasteiger partial charge on any atom is 0.305 e.